The normalized spacial score (nSPS) is 12.9. The second-order valence-corrected chi connectivity index (χ2v) is 11.2. The van der Waals surface area contributed by atoms with Crippen molar-refractivity contribution in [3.8, 4) is 11.4 Å². The summed E-state index contributed by atoms with van der Waals surface area (Å²) in [5, 5.41) is 0.460. The van der Waals surface area contributed by atoms with Gasteiger partial charge in [-0.15, -0.1) is 0 Å². The molecule has 188 valence electrons. The van der Waals surface area contributed by atoms with E-state index in [1.165, 1.54) is 15.9 Å². The Labute approximate surface area is 212 Å². The van der Waals surface area contributed by atoms with Gasteiger partial charge < -0.3 is 4.74 Å². The molecule has 1 aromatic heterocycles. The summed E-state index contributed by atoms with van der Waals surface area (Å²) in [5.41, 5.74) is 2.86. The van der Waals surface area contributed by atoms with Crippen LogP contribution in [0.3, 0.4) is 0 Å². The largest absolute Gasteiger partial charge is 0.497 e. The summed E-state index contributed by atoms with van der Waals surface area (Å²) in [7, 11) is -0.768. The molecule has 1 atom stereocenters. The van der Waals surface area contributed by atoms with Crippen LogP contribution in [0, 0.1) is 6.92 Å². The predicted octanol–water partition coefficient (Wildman–Crippen LogP) is 5.21. The van der Waals surface area contributed by atoms with Crippen LogP contribution >= 0.6 is 0 Å². The van der Waals surface area contributed by atoms with Crippen molar-refractivity contribution >= 4 is 20.9 Å². The number of aryl methyl sites for hydroxylation is 1. The molecule has 1 unspecified atom stereocenters. The number of methoxy groups -OCH3 is 1. The average molecular weight is 506 g/mol. The molecule has 0 spiro atoms. The summed E-state index contributed by atoms with van der Waals surface area (Å²) in [5.74, 6) is 1.27. The Balaban J connectivity index is 1.87. The molecule has 7 nitrogen and oxygen atoms in total. The molecule has 8 heteroatoms. The number of sulfonamides is 1. The van der Waals surface area contributed by atoms with E-state index in [2.05, 4.69) is 13.8 Å². The van der Waals surface area contributed by atoms with Gasteiger partial charge >= 0.3 is 0 Å². The van der Waals surface area contributed by atoms with Crippen molar-refractivity contribution in [3.05, 3.63) is 94.0 Å². The maximum Gasteiger partial charge on any atom is 0.266 e. The number of hydrogen-bond donors (Lipinski definition) is 0. The molecule has 0 amide bonds. The highest BCUT2D eigenvalue weighted by molar-refractivity contribution is 7.89. The molecule has 0 saturated heterocycles. The molecule has 4 rings (SSSR count). The zero-order chi connectivity index (χ0) is 26.2. The molecule has 0 radical (unpaired) electrons. The first-order valence-corrected chi connectivity index (χ1v) is 13.2. The molecule has 0 fully saturated rings. The second kappa shape index (κ2) is 9.87. The topological polar surface area (TPSA) is 81.5 Å². The van der Waals surface area contributed by atoms with Crippen molar-refractivity contribution < 1.29 is 13.2 Å². The molecular weight excluding hydrogens is 474 g/mol. The van der Waals surface area contributed by atoms with E-state index in [0.717, 1.165) is 11.1 Å². The highest BCUT2D eigenvalue weighted by Gasteiger charge is 2.30. The molecule has 0 aliphatic heterocycles. The molecule has 0 saturated carbocycles. The average Bonchev–Trinajstić information content (AvgIpc) is 2.87. The van der Waals surface area contributed by atoms with Gasteiger partial charge in [0, 0.05) is 7.05 Å². The van der Waals surface area contributed by atoms with Crippen LogP contribution < -0.4 is 10.3 Å². The summed E-state index contributed by atoms with van der Waals surface area (Å²) in [6, 6.07) is 18.7. The van der Waals surface area contributed by atoms with Crippen LogP contribution in [0.5, 0.6) is 5.75 Å². The van der Waals surface area contributed by atoms with E-state index in [-0.39, 0.29) is 10.5 Å². The lowest BCUT2D eigenvalue weighted by Gasteiger charge is -2.26. The summed E-state index contributed by atoms with van der Waals surface area (Å²) in [4.78, 5) is 18.7. The Morgan fingerprint density at radius 2 is 1.58 bits per heavy atom. The molecule has 0 aliphatic rings. The van der Waals surface area contributed by atoms with Gasteiger partial charge in [0.05, 0.1) is 34.6 Å². The Kier molecular flexibility index (Phi) is 7.02. The van der Waals surface area contributed by atoms with Crippen LogP contribution in [0.15, 0.2) is 76.4 Å². The highest BCUT2D eigenvalue weighted by atomic mass is 32.2. The molecule has 3 aromatic carbocycles. The second-order valence-electron chi connectivity index (χ2n) is 9.25. The first-order valence-electron chi connectivity index (χ1n) is 11.8. The summed E-state index contributed by atoms with van der Waals surface area (Å²) in [6.07, 6.45) is 0. The zero-order valence-corrected chi connectivity index (χ0v) is 22.2. The molecule has 0 bridgehead atoms. The SMILES string of the molecule is COc1ccc(-n2c(C(C)N(C)S(=O)(=O)c3ccc(C(C)C)cc3)nc3cc(C)ccc3c2=O)cc1. The van der Waals surface area contributed by atoms with Gasteiger partial charge in [-0.3, -0.25) is 9.36 Å². The minimum atomic E-state index is -3.85. The highest BCUT2D eigenvalue weighted by Crippen LogP contribution is 2.28. The van der Waals surface area contributed by atoms with E-state index in [9.17, 15) is 13.2 Å². The fraction of sp³-hybridized carbons (Fsp3) is 0.286. The van der Waals surface area contributed by atoms with Gasteiger partial charge in [-0.1, -0.05) is 32.0 Å². The molecular formula is C28H31N3O4S. The third kappa shape index (κ3) is 4.66. The third-order valence-electron chi connectivity index (χ3n) is 6.52. The van der Waals surface area contributed by atoms with Gasteiger partial charge in [0.1, 0.15) is 11.6 Å². The third-order valence-corrected chi connectivity index (χ3v) is 8.47. The van der Waals surface area contributed by atoms with Gasteiger partial charge in [0.2, 0.25) is 10.0 Å². The van der Waals surface area contributed by atoms with E-state index in [1.807, 2.05) is 31.2 Å². The van der Waals surface area contributed by atoms with E-state index in [1.54, 1.807) is 56.5 Å². The van der Waals surface area contributed by atoms with Crippen molar-refractivity contribution in [2.45, 2.75) is 44.6 Å². The van der Waals surface area contributed by atoms with E-state index < -0.39 is 16.1 Å². The lowest BCUT2D eigenvalue weighted by Crippen LogP contribution is -2.35. The first-order chi connectivity index (χ1) is 17.0. The standard InChI is InChI=1S/C28H31N3O4S/c1-18(2)21-8-14-24(15-9-21)36(33,34)30(5)20(4)27-29-26-17-19(3)7-16-25(26)28(32)31(27)22-10-12-23(35-6)13-11-22/h7-18,20H,1-6H3. The number of nitrogens with zero attached hydrogens (tertiary/aromatic N) is 3. The molecule has 0 aliphatic carbocycles. The van der Waals surface area contributed by atoms with Gasteiger partial charge in [-0.05, 0) is 79.4 Å². The van der Waals surface area contributed by atoms with Gasteiger partial charge in [0.25, 0.3) is 5.56 Å². The Morgan fingerprint density at radius 1 is 0.944 bits per heavy atom. The Morgan fingerprint density at radius 3 is 2.17 bits per heavy atom. The van der Waals surface area contributed by atoms with Gasteiger partial charge in [0.15, 0.2) is 0 Å². The monoisotopic (exact) mass is 505 g/mol. The maximum absolute atomic E-state index is 13.7. The number of ether oxygens (including phenoxy) is 1. The van der Waals surface area contributed by atoms with Crippen LogP contribution in [-0.2, 0) is 10.0 Å². The smallest absolute Gasteiger partial charge is 0.266 e. The van der Waals surface area contributed by atoms with Crippen LogP contribution in [0.25, 0.3) is 16.6 Å². The van der Waals surface area contributed by atoms with Crippen molar-refractivity contribution in [2.24, 2.45) is 0 Å². The van der Waals surface area contributed by atoms with Gasteiger partial charge in [-0.2, -0.15) is 4.31 Å². The Bertz CT molecular complexity index is 1560. The first kappa shape index (κ1) is 25.6. The minimum absolute atomic E-state index is 0.191. The summed E-state index contributed by atoms with van der Waals surface area (Å²) in [6.45, 7) is 7.78. The number of fused-ring (bicyclic) bond motifs is 1. The van der Waals surface area contributed by atoms with Crippen molar-refractivity contribution in [3.63, 3.8) is 0 Å². The lowest BCUT2D eigenvalue weighted by molar-refractivity contribution is 0.379. The van der Waals surface area contributed by atoms with E-state index in [0.29, 0.717) is 34.1 Å². The lowest BCUT2D eigenvalue weighted by atomic mass is 10.0. The zero-order valence-electron chi connectivity index (χ0n) is 21.4. The van der Waals surface area contributed by atoms with E-state index >= 15 is 0 Å². The van der Waals surface area contributed by atoms with E-state index in [4.69, 9.17) is 9.72 Å². The van der Waals surface area contributed by atoms with Crippen LogP contribution in [0.1, 0.15) is 49.7 Å². The van der Waals surface area contributed by atoms with Gasteiger partial charge in [-0.25, -0.2) is 13.4 Å². The van der Waals surface area contributed by atoms with Crippen LogP contribution in [0.4, 0.5) is 0 Å². The number of hydrogen-bond acceptors (Lipinski definition) is 5. The quantitative estimate of drug-likeness (QED) is 0.345. The maximum atomic E-state index is 13.7. The number of benzene rings is 3. The molecule has 0 N–H and O–H groups in total. The molecule has 4 aromatic rings. The van der Waals surface area contributed by atoms with Crippen LogP contribution in [0.2, 0.25) is 0 Å². The van der Waals surface area contributed by atoms with Crippen molar-refractivity contribution in [2.75, 3.05) is 14.2 Å². The minimum Gasteiger partial charge on any atom is -0.497 e. The fourth-order valence-corrected chi connectivity index (χ4v) is 5.46. The van der Waals surface area contributed by atoms with Crippen molar-refractivity contribution in [1.82, 2.24) is 13.9 Å². The molecule has 1 heterocycles. The summed E-state index contributed by atoms with van der Waals surface area (Å²) >= 11 is 0. The summed E-state index contributed by atoms with van der Waals surface area (Å²) < 4.78 is 35.1. The number of aromatic nitrogens is 2. The number of rotatable bonds is 7. The predicted molar refractivity (Wildman–Crippen MR) is 143 cm³/mol. The Hall–Kier alpha value is -3.49. The fourth-order valence-electron chi connectivity index (χ4n) is 4.14. The van der Waals surface area contributed by atoms with Crippen molar-refractivity contribution in [1.29, 1.82) is 0 Å². The molecule has 36 heavy (non-hydrogen) atoms. The van der Waals surface area contributed by atoms with Crippen LogP contribution in [-0.4, -0.2) is 36.4 Å².